The molecule has 2 aliphatic rings. The first-order valence-electron chi connectivity index (χ1n) is 7.49. The molecule has 3 aromatic carbocycles. The largest absolute Gasteiger partial charge is 0.248 e. The smallest absolute Gasteiger partial charge is 0.101 e. The Balaban J connectivity index is 2.00. The number of hydrogen-bond acceptors (Lipinski definition) is 4. The van der Waals surface area contributed by atoms with Gasteiger partial charge in [-0.2, -0.15) is 10.5 Å². The van der Waals surface area contributed by atoms with Gasteiger partial charge in [0, 0.05) is 21.6 Å². The van der Waals surface area contributed by atoms with Gasteiger partial charge in [-0.15, -0.1) is 0 Å². The molecule has 0 spiro atoms. The Kier molecular flexibility index (Phi) is 2.33. The first-order valence-corrected chi connectivity index (χ1v) is 7.49. The fourth-order valence-electron chi connectivity index (χ4n) is 3.45. The number of hydrogen-bond donors (Lipinski definition) is 0. The van der Waals surface area contributed by atoms with Crippen LogP contribution in [-0.2, 0) is 0 Å². The summed E-state index contributed by atoms with van der Waals surface area (Å²) >= 11 is 0. The standard InChI is InChI=1S/C20H8N4/c21-9-11-5-7-16-18(14(11)10-22)19-17(23-16)8-6-13-12-3-1-2-4-15(12)24-20(13)19/h1-8H. The molecule has 3 aromatic rings. The second kappa shape index (κ2) is 4.38. The first-order chi connectivity index (χ1) is 11.8. The fourth-order valence-corrected chi connectivity index (χ4v) is 3.45. The minimum Gasteiger partial charge on any atom is -0.248 e. The Hall–Kier alpha value is -3.76. The predicted octanol–water partition coefficient (Wildman–Crippen LogP) is 2.91. The summed E-state index contributed by atoms with van der Waals surface area (Å²) in [5, 5.41) is 22.7. The van der Waals surface area contributed by atoms with Gasteiger partial charge in [-0.3, -0.25) is 0 Å². The minimum absolute atomic E-state index is 0.368. The zero-order chi connectivity index (χ0) is 16.3. The normalized spacial score (nSPS) is 11.9. The number of rotatable bonds is 0. The summed E-state index contributed by atoms with van der Waals surface area (Å²) in [4.78, 5) is 9.38. The molecule has 2 heterocycles. The highest BCUT2D eigenvalue weighted by atomic mass is 14.8. The summed E-state index contributed by atoms with van der Waals surface area (Å²) in [6, 6.07) is 19.7. The van der Waals surface area contributed by atoms with E-state index in [-0.39, 0.29) is 0 Å². The second-order valence-corrected chi connectivity index (χ2v) is 5.70. The van der Waals surface area contributed by atoms with Crippen molar-refractivity contribution in [1.29, 1.82) is 10.5 Å². The number of fused-ring (bicyclic) bond motifs is 6. The molecule has 0 amide bonds. The third-order valence-corrected chi connectivity index (χ3v) is 4.49. The molecule has 24 heavy (non-hydrogen) atoms. The van der Waals surface area contributed by atoms with Crippen LogP contribution in [0.15, 0.2) is 58.5 Å². The van der Waals surface area contributed by atoms with Crippen LogP contribution in [0.2, 0.25) is 0 Å². The van der Waals surface area contributed by atoms with Gasteiger partial charge in [0.25, 0.3) is 0 Å². The summed E-state index contributed by atoms with van der Waals surface area (Å²) in [5.41, 5.74) is 3.87. The minimum atomic E-state index is 0.368. The summed E-state index contributed by atoms with van der Waals surface area (Å²) in [5.74, 6) is 0. The highest BCUT2D eigenvalue weighted by Gasteiger charge is 2.25. The average Bonchev–Trinajstić information content (AvgIpc) is 3.18. The van der Waals surface area contributed by atoms with Gasteiger partial charge in [0.2, 0.25) is 0 Å². The van der Waals surface area contributed by atoms with Gasteiger partial charge in [0.05, 0.1) is 33.2 Å². The molecular weight excluding hydrogens is 296 g/mol. The second-order valence-electron chi connectivity index (χ2n) is 5.70. The van der Waals surface area contributed by atoms with Crippen LogP contribution in [0.4, 0.5) is 11.4 Å². The molecule has 4 nitrogen and oxygen atoms in total. The summed E-state index contributed by atoms with van der Waals surface area (Å²) in [6.45, 7) is 0. The van der Waals surface area contributed by atoms with Crippen molar-refractivity contribution < 1.29 is 0 Å². The van der Waals surface area contributed by atoms with Crippen LogP contribution < -0.4 is 10.7 Å². The topological polar surface area (TPSA) is 72.3 Å². The molecule has 0 atom stereocenters. The highest BCUT2D eigenvalue weighted by Crippen LogP contribution is 2.42. The van der Waals surface area contributed by atoms with Crippen LogP contribution in [0.5, 0.6) is 0 Å². The zero-order valence-corrected chi connectivity index (χ0v) is 12.4. The number of nitrogens with zero attached hydrogens (tertiary/aromatic N) is 4. The Morgan fingerprint density at radius 3 is 2.42 bits per heavy atom. The Morgan fingerprint density at radius 2 is 1.58 bits per heavy atom. The van der Waals surface area contributed by atoms with Crippen LogP contribution in [0.3, 0.4) is 0 Å². The van der Waals surface area contributed by atoms with Crippen LogP contribution >= 0.6 is 0 Å². The Bertz CT molecular complexity index is 1370. The van der Waals surface area contributed by atoms with Gasteiger partial charge in [0.15, 0.2) is 0 Å². The third-order valence-electron chi connectivity index (χ3n) is 4.49. The van der Waals surface area contributed by atoms with Gasteiger partial charge >= 0.3 is 0 Å². The maximum absolute atomic E-state index is 9.59. The molecule has 5 rings (SSSR count). The van der Waals surface area contributed by atoms with Gasteiger partial charge in [0.1, 0.15) is 12.1 Å². The molecule has 108 valence electrons. The van der Waals surface area contributed by atoms with Crippen molar-refractivity contribution in [2.75, 3.05) is 0 Å². The molecule has 0 aliphatic carbocycles. The monoisotopic (exact) mass is 304 g/mol. The van der Waals surface area contributed by atoms with Crippen molar-refractivity contribution in [2.45, 2.75) is 0 Å². The van der Waals surface area contributed by atoms with E-state index in [0.29, 0.717) is 11.1 Å². The lowest BCUT2D eigenvalue weighted by atomic mass is 9.94. The van der Waals surface area contributed by atoms with Gasteiger partial charge in [-0.25, -0.2) is 9.98 Å². The lowest BCUT2D eigenvalue weighted by molar-refractivity contribution is 1.36. The predicted molar refractivity (Wildman–Crippen MR) is 87.1 cm³/mol. The summed E-state index contributed by atoms with van der Waals surface area (Å²) in [6.07, 6.45) is 0. The quantitative estimate of drug-likeness (QED) is 0.441. The molecule has 0 saturated carbocycles. The van der Waals surface area contributed by atoms with E-state index in [9.17, 15) is 10.5 Å². The van der Waals surface area contributed by atoms with Crippen molar-refractivity contribution in [3.63, 3.8) is 0 Å². The van der Waals surface area contributed by atoms with Gasteiger partial charge in [-0.05, 0) is 30.3 Å². The van der Waals surface area contributed by atoms with E-state index in [4.69, 9.17) is 4.99 Å². The van der Waals surface area contributed by atoms with Crippen LogP contribution in [0.25, 0.3) is 11.1 Å². The molecule has 0 saturated heterocycles. The van der Waals surface area contributed by atoms with Crippen LogP contribution in [0, 0.1) is 33.1 Å². The molecular formula is C20H8N4. The molecule has 2 aliphatic heterocycles. The SMILES string of the molecule is N#Cc1ccc2c(c1C#N)-c1c3c(ccc1=N2)=c1ccccc1=N3. The van der Waals surface area contributed by atoms with Crippen molar-refractivity contribution >= 4 is 11.4 Å². The van der Waals surface area contributed by atoms with E-state index in [2.05, 4.69) is 17.1 Å². The Labute approximate surface area is 136 Å². The van der Waals surface area contributed by atoms with E-state index in [1.807, 2.05) is 36.4 Å². The lowest BCUT2D eigenvalue weighted by Gasteiger charge is -2.06. The number of benzene rings is 3. The molecule has 0 unspecified atom stereocenters. The molecule has 0 aromatic heterocycles. The van der Waals surface area contributed by atoms with Gasteiger partial charge in [-0.1, -0.05) is 18.2 Å². The average molecular weight is 304 g/mol. The Morgan fingerprint density at radius 1 is 0.708 bits per heavy atom. The van der Waals surface area contributed by atoms with Crippen molar-refractivity contribution in [3.8, 4) is 23.3 Å². The molecule has 4 heteroatoms. The van der Waals surface area contributed by atoms with Crippen molar-refractivity contribution in [1.82, 2.24) is 0 Å². The van der Waals surface area contributed by atoms with Crippen LogP contribution in [-0.4, -0.2) is 0 Å². The maximum atomic E-state index is 9.59. The molecule has 0 fully saturated rings. The van der Waals surface area contributed by atoms with E-state index in [1.54, 1.807) is 12.1 Å². The summed E-state index contributed by atoms with van der Waals surface area (Å²) < 4.78 is 0. The highest BCUT2D eigenvalue weighted by molar-refractivity contribution is 5.91. The van der Waals surface area contributed by atoms with E-state index >= 15 is 0 Å². The van der Waals surface area contributed by atoms with Crippen molar-refractivity contribution in [3.05, 3.63) is 80.8 Å². The third kappa shape index (κ3) is 1.45. The van der Waals surface area contributed by atoms with E-state index < -0.39 is 0 Å². The number of nitriles is 2. The zero-order valence-electron chi connectivity index (χ0n) is 12.4. The van der Waals surface area contributed by atoms with E-state index in [0.717, 1.165) is 43.7 Å². The molecule has 0 radical (unpaired) electrons. The van der Waals surface area contributed by atoms with Gasteiger partial charge < -0.3 is 0 Å². The van der Waals surface area contributed by atoms with Crippen molar-refractivity contribution in [2.24, 2.45) is 9.98 Å². The molecule has 0 N–H and O–H groups in total. The van der Waals surface area contributed by atoms with E-state index in [1.165, 1.54) is 0 Å². The first kappa shape index (κ1) is 12.8. The number of para-hydroxylation sites is 1. The fraction of sp³-hybridized carbons (Fsp3) is 0. The van der Waals surface area contributed by atoms with Crippen LogP contribution in [0.1, 0.15) is 11.1 Å². The lowest BCUT2D eigenvalue weighted by Crippen LogP contribution is -2.01. The maximum Gasteiger partial charge on any atom is 0.101 e. The molecule has 0 bridgehead atoms. The summed E-state index contributed by atoms with van der Waals surface area (Å²) in [7, 11) is 0.